The second-order valence-electron chi connectivity index (χ2n) is 9.40. The van der Waals surface area contributed by atoms with Crippen LogP contribution in [0.5, 0.6) is 11.5 Å². The maximum absolute atomic E-state index is 15.7. The van der Waals surface area contributed by atoms with E-state index in [2.05, 4.69) is 14.3 Å². The van der Waals surface area contributed by atoms with Gasteiger partial charge in [-0.3, -0.25) is 4.90 Å². The second-order valence-corrected chi connectivity index (χ2v) is 12.0. The lowest BCUT2D eigenvalue weighted by molar-refractivity contribution is 0.160. The van der Waals surface area contributed by atoms with Crippen molar-refractivity contribution in [3.05, 3.63) is 95.1 Å². The van der Waals surface area contributed by atoms with Crippen molar-refractivity contribution in [1.29, 1.82) is 0 Å². The molecule has 2 heterocycles. The fraction of sp³-hybridized carbons (Fsp3) is 0.286. The predicted octanol–water partition coefficient (Wildman–Crippen LogP) is 5.35. The summed E-state index contributed by atoms with van der Waals surface area (Å²) in [5.41, 5.74) is 3.32. The van der Waals surface area contributed by atoms with Gasteiger partial charge in [0.2, 0.25) is 5.13 Å². The third-order valence-corrected chi connectivity index (χ3v) is 9.43. The molecule has 0 radical (unpaired) electrons. The van der Waals surface area contributed by atoms with E-state index in [-0.39, 0.29) is 17.7 Å². The van der Waals surface area contributed by atoms with E-state index in [4.69, 9.17) is 9.47 Å². The van der Waals surface area contributed by atoms with Gasteiger partial charge in [-0.2, -0.15) is 4.37 Å². The number of aryl methyl sites for hydroxylation is 1. The van der Waals surface area contributed by atoms with Gasteiger partial charge in [0.1, 0.15) is 28.5 Å². The Balaban J connectivity index is 1.49. The lowest BCUT2D eigenvalue weighted by Crippen LogP contribution is -2.32. The molecule has 5 rings (SSSR count). The van der Waals surface area contributed by atoms with Crippen molar-refractivity contribution in [2.24, 2.45) is 0 Å². The van der Waals surface area contributed by atoms with Crippen LogP contribution in [0.15, 0.2) is 71.9 Å². The van der Waals surface area contributed by atoms with Crippen molar-refractivity contribution in [2.45, 2.75) is 37.4 Å². The number of methoxy groups -OCH3 is 1. The zero-order valence-corrected chi connectivity index (χ0v) is 23.5. The average molecular weight is 569 g/mol. The van der Waals surface area contributed by atoms with E-state index in [1.54, 1.807) is 19.2 Å². The first-order valence-electron chi connectivity index (χ1n) is 12.4. The molecule has 0 unspecified atom stereocenters. The Morgan fingerprint density at radius 1 is 1.13 bits per heavy atom. The first kappa shape index (κ1) is 27.0. The van der Waals surface area contributed by atoms with Gasteiger partial charge >= 0.3 is 0 Å². The molecule has 204 valence electrons. The molecule has 0 saturated heterocycles. The lowest BCUT2D eigenvalue weighted by Gasteiger charge is -2.34. The largest absolute Gasteiger partial charge is 0.497 e. The van der Waals surface area contributed by atoms with Gasteiger partial charge in [-0.05, 0) is 48.9 Å². The Labute approximate surface area is 231 Å². The molecule has 1 aliphatic rings. The molecule has 3 aromatic carbocycles. The van der Waals surface area contributed by atoms with Gasteiger partial charge in [-0.15, -0.1) is 0 Å². The molecule has 0 aliphatic carbocycles. The van der Waals surface area contributed by atoms with Crippen LogP contribution in [0, 0.1) is 12.7 Å². The summed E-state index contributed by atoms with van der Waals surface area (Å²) in [6.07, 6.45) is 1.94. The number of nitrogens with zero attached hydrogens (tertiary/aromatic N) is 4. The first-order chi connectivity index (χ1) is 18.8. The summed E-state index contributed by atoms with van der Waals surface area (Å²) in [6, 6.07) is 17.8. The normalized spacial score (nSPS) is 15.1. The van der Waals surface area contributed by atoms with Gasteiger partial charge in [0, 0.05) is 42.2 Å². The van der Waals surface area contributed by atoms with Crippen LogP contribution in [0.25, 0.3) is 0 Å². The summed E-state index contributed by atoms with van der Waals surface area (Å²) >= 11 is 0.926. The van der Waals surface area contributed by atoms with Crippen LogP contribution in [-0.4, -0.2) is 43.4 Å². The Hall–Kier alpha value is -3.54. The Bertz CT molecular complexity index is 1550. The first-order valence-corrected chi connectivity index (χ1v) is 14.6. The molecule has 0 N–H and O–H groups in total. The van der Waals surface area contributed by atoms with Crippen molar-refractivity contribution in [3.8, 4) is 11.5 Å². The van der Waals surface area contributed by atoms with Gasteiger partial charge in [0.05, 0.1) is 20.3 Å². The standard InChI is InChI=1S/C28H29FN4O4S2/c1-19-13-22(36-3)10-9-21(19)17-33(28-30-18-31-38-28)39(34,35)27-15-26-23(14-24(27)29)25(11-12-37-26)32(2)16-20-7-5-4-6-8-20/h4-10,13-15,18,25H,11-12,16-17H2,1-3H3/t25-/m0/s1. The van der Waals surface area contributed by atoms with E-state index in [1.165, 1.54) is 18.5 Å². The summed E-state index contributed by atoms with van der Waals surface area (Å²) in [5.74, 6) is 0.188. The van der Waals surface area contributed by atoms with Crippen LogP contribution in [0.3, 0.4) is 0 Å². The number of halogens is 1. The molecule has 0 amide bonds. The van der Waals surface area contributed by atoms with Crippen LogP contribution in [-0.2, 0) is 23.1 Å². The smallest absolute Gasteiger partial charge is 0.269 e. The van der Waals surface area contributed by atoms with Crippen molar-refractivity contribution >= 4 is 26.7 Å². The van der Waals surface area contributed by atoms with E-state index in [0.29, 0.717) is 36.6 Å². The Kier molecular flexibility index (Phi) is 7.83. The zero-order valence-electron chi connectivity index (χ0n) is 21.9. The van der Waals surface area contributed by atoms with E-state index in [9.17, 15) is 8.42 Å². The number of fused-ring (bicyclic) bond motifs is 1. The zero-order chi connectivity index (χ0) is 27.6. The summed E-state index contributed by atoms with van der Waals surface area (Å²) in [6.45, 7) is 2.88. The topological polar surface area (TPSA) is 84.9 Å². The highest BCUT2D eigenvalue weighted by molar-refractivity contribution is 7.93. The molecular formula is C28H29FN4O4S2. The monoisotopic (exact) mass is 568 g/mol. The molecule has 1 aromatic heterocycles. The predicted molar refractivity (Wildman–Crippen MR) is 148 cm³/mol. The maximum atomic E-state index is 15.7. The summed E-state index contributed by atoms with van der Waals surface area (Å²) in [4.78, 5) is 5.79. The van der Waals surface area contributed by atoms with Crippen LogP contribution < -0.4 is 13.8 Å². The molecule has 1 aliphatic heterocycles. The fourth-order valence-electron chi connectivity index (χ4n) is 4.79. The molecule has 0 spiro atoms. The molecule has 4 aromatic rings. The van der Waals surface area contributed by atoms with E-state index in [0.717, 1.165) is 32.5 Å². The SMILES string of the molecule is COc1ccc(CN(c2ncns2)S(=O)(=O)c2cc3c(cc2F)[C@@H](N(C)Cc2ccccc2)CCO3)c(C)c1. The molecule has 0 bridgehead atoms. The lowest BCUT2D eigenvalue weighted by atomic mass is 9.98. The van der Waals surface area contributed by atoms with Crippen molar-refractivity contribution in [2.75, 3.05) is 25.1 Å². The number of sulfonamides is 1. The number of aromatic nitrogens is 2. The third kappa shape index (κ3) is 5.61. The molecule has 1 atom stereocenters. The van der Waals surface area contributed by atoms with Gasteiger partial charge in [-0.1, -0.05) is 36.4 Å². The van der Waals surface area contributed by atoms with Crippen molar-refractivity contribution < 1.29 is 22.3 Å². The quantitative estimate of drug-likeness (QED) is 0.269. The van der Waals surface area contributed by atoms with Gasteiger partial charge in [-0.25, -0.2) is 22.1 Å². The van der Waals surface area contributed by atoms with Gasteiger partial charge in [0.25, 0.3) is 10.0 Å². The minimum atomic E-state index is -4.36. The minimum Gasteiger partial charge on any atom is -0.497 e. The van der Waals surface area contributed by atoms with Crippen molar-refractivity contribution in [1.82, 2.24) is 14.3 Å². The molecule has 0 fully saturated rings. The second kappa shape index (κ2) is 11.3. The highest BCUT2D eigenvalue weighted by Crippen LogP contribution is 2.40. The fourth-order valence-corrected chi connectivity index (χ4v) is 6.98. The average Bonchev–Trinajstić information content (AvgIpc) is 3.46. The molecular weight excluding hydrogens is 539 g/mol. The van der Waals surface area contributed by atoms with Crippen LogP contribution in [0.4, 0.5) is 9.52 Å². The Morgan fingerprint density at radius 3 is 2.62 bits per heavy atom. The number of rotatable bonds is 9. The van der Waals surface area contributed by atoms with E-state index >= 15 is 4.39 Å². The number of anilines is 1. The number of ether oxygens (including phenoxy) is 2. The summed E-state index contributed by atoms with van der Waals surface area (Å²) in [5, 5.41) is 0.142. The highest BCUT2D eigenvalue weighted by Gasteiger charge is 2.34. The third-order valence-electron chi connectivity index (χ3n) is 6.87. The molecule has 0 saturated carbocycles. The van der Waals surface area contributed by atoms with Crippen molar-refractivity contribution in [3.63, 3.8) is 0 Å². The summed E-state index contributed by atoms with van der Waals surface area (Å²) in [7, 11) is -0.821. The molecule has 8 nitrogen and oxygen atoms in total. The summed E-state index contributed by atoms with van der Waals surface area (Å²) < 4.78 is 59.9. The van der Waals surface area contributed by atoms with Gasteiger partial charge < -0.3 is 9.47 Å². The van der Waals surface area contributed by atoms with Crippen LogP contribution >= 0.6 is 11.5 Å². The highest BCUT2D eigenvalue weighted by atomic mass is 32.2. The number of hydrogen-bond acceptors (Lipinski definition) is 8. The Morgan fingerprint density at radius 2 is 1.92 bits per heavy atom. The number of benzene rings is 3. The van der Waals surface area contributed by atoms with Crippen LogP contribution in [0.1, 0.15) is 34.7 Å². The number of hydrogen-bond donors (Lipinski definition) is 0. The van der Waals surface area contributed by atoms with Crippen LogP contribution in [0.2, 0.25) is 0 Å². The van der Waals surface area contributed by atoms with E-state index in [1.807, 2.05) is 50.4 Å². The minimum absolute atomic E-state index is 0.0484. The van der Waals surface area contributed by atoms with Gasteiger partial charge in [0.15, 0.2) is 0 Å². The molecule has 39 heavy (non-hydrogen) atoms. The molecule has 11 heteroatoms. The van der Waals surface area contributed by atoms with E-state index < -0.39 is 20.7 Å². The maximum Gasteiger partial charge on any atom is 0.269 e.